The molecule has 1 saturated heterocycles. The van der Waals surface area contributed by atoms with Crippen LogP contribution in [0.5, 0.6) is 0 Å². The second kappa shape index (κ2) is 8.93. The van der Waals surface area contributed by atoms with Gasteiger partial charge in [-0.05, 0) is 86.1 Å². The summed E-state index contributed by atoms with van der Waals surface area (Å²) in [6, 6.07) is 1.34. The first kappa shape index (κ1) is 16.9. The second-order valence-electron chi connectivity index (χ2n) is 6.69. The highest BCUT2D eigenvalue weighted by Gasteiger charge is 2.21. The van der Waals surface area contributed by atoms with E-state index < -0.39 is 0 Å². The van der Waals surface area contributed by atoms with Gasteiger partial charge in [-0.3, -0.25) is 0 Å². The molecule has 1 aliphatic heterocycles. The zero-order valence-electron chi connectivity index (χ0n) is 13.8. The van der Waals surface area contributed by atoms with Crippen LogP contribution in [0, 0.1) is 5.92 Å². The van der Waals surface area contributed by atoms with Gasteiger partial charge in [0.1, 0.15) is 0 Å². The van der Waals surface area contributed by atoms with Crippen LogP contribution < -0.4 is 5.32 Å². The molecule has 0 bridgehead atoms. The highest BCUT2D eigenvalue weighted by atomic mass is 15.1. The summed E-state index contributed by atoms with van der Waals surface area (Å²) in [7, 11) is 4.47. The third-order valence-corrected chi connectivity index (χ3v) is 4.65. The molecule has 0 saturated carbocycles. The number of nitrogens with zero attached hydrogens (tertiary/aromatic N) is 2. The van der Waals surface area contributed by atoms with Crippen LogP contribution >= 0.6 is 0 Å². The second-order valence-corrected chi connectivity index (χ2v) is 6.69. The SMILES string of the molecule is CC(NCCCCN(C)C(C)C)C1CCCN(C)C1. The van der Waals surface area contributed by atoms with Crippen LogP contribution in [-0.2, 0) is 0 Å². The Bertz CT molecular complexity index is 230. The molecule has 0 aromatic heterocycles. The lowest BCUT2D eigenvalue weighted by atomic mass is 9.92. The normalized spacial score (nSPS) is 23.2. The largest absolute Gasteiger partial charge is 0.314 e. The van der Waals surface area contributed by atoms with Crippen molar-refractivity contribution in [1.82, 2.24) is 15.1 Å². The lowest BCUT2D eigenvalue weighted by Crippen LogP contribution is -2.43. The minimum atomic E-state index is 0.671. The topological polar surface area (TPSA) is 18.5 Å². The maximum atomic E-state index is 3.73. The summed E-state index contributed by atoms with van der Waals surface area (Å²) in [5.41, 5.74) is 0. The summed E-state index contributed by atoms with van der Waals surface area (Å²) in [6.07, 6.45) is 5.36. The molecule has 0 spiro atoms. The van der Waals surface area contributed by atoms with Crippen molar-refractivity contribution < 1.29 is 0 Å². The van der Waals surface area contributed by atoms with Gasteiger partial charge < -0.3 is 15.1 Å². The van der Waals surface area contributed by atoms with Gasteiger partial charge in [-0.2, -0.15) is 0 Å². The number of piperidine rings is 1. The van der Waals surface area contributed by atoms with Crippen LogP contribution in [0.15, 0.2) is 0 Å². The zero-order valence-corrected chi connectivity index (χ0v) is 13.8. The summed E-state index contributed by atoms with van der Waals surface area (Å²) in [4.78, 5) is 4.91. The smallest absolute Gasteiger partial charge is 0.00792 e. The fraction of sp³-hybridized carbons (Fsp3) is 1.00. The standard InChI is InChI=1S/C16H35N3/c1-14(2)19(5)12-7-6-10-17-15(3)16-9-8-11-18(4)13-16/h14-17H,6-13H2,1-5H3. The van der Waals surface area contributed by atoms with E-state index in [1.807, 2.05) is 0 Å². The first-order chi connectivity index (χ1) is 9.00. The van der Waals surface area contributed by atoms with Crippen molar-refractivity contribution in [1.29, 1.82) is 0 Å². The molecule has 114 valence electrons. The minimum absolute atomic E-state index is 0.671. The maximum Gasteiger partial charge on any atom is 0.00792 e. The maximum absolute atomic E-state index is 3.73. The zero-order chi connectivity index (χ0) is 14.3. The molecule has 2 atom stereocenters. The van der Waals surface area contributed by atoms with Gasteiger partial charge in [0.25, 0.3) is 0 Å². The Morgan fingerprint density at radius 3 is 2.63 bits per heavy atom. The molecule has 3 nitrogen and oxygen atoms in total. The van der Waals surface area contributed by atoms with Crippen molar-refractivity contribution >= 4 is 0 Å². The lowest BCUT2D eigenvalue weighted by molar-refractivity contribution is 0.178. The molecule has 1 aliphatic rings. The van der Waals surface area contributed by atoms with Gasteiger partial charge in [-0.25, -0.2) is 0 Å². The van der Waals surface area contributed by atoms with Crippen molar-refractivity contribution in [3.63, 3.8) is 0 Å². The fourth-order valence-electron chi connectivity index (χ4n) is 2.86. The molecule has 1 N–H and O–H groups in total. The van der Waals surface area contributed by atoms with Crippen molar-refractivity contribution in [2.24, 2.45) is 5.92 Å². The number of likely N-dealkylation sites (tertiary alicyclic amines) is 1. The lowest BCUT2D eigenvalue weighted by Gasteiger charge is -2.34. The number of unbranched alkanes of at least 4 members (excludes halogenated alkanes) is 1. The van der Waals surface area contributed by atoms with Gasteiger partial charge in [0.15, 0.2) is 0 Å². The quantitative estimate of drug-likeness (QED) is 0.683. The fourth-order valence-corrected chi connectivity index (χ4v) is 2.86. The predicted octanol–water partition coefficient (Wildman–Crippen LogP) is 2.43. The molecule has 0 aromatic rings. The number of rotatable bonds is 8. The summed E-state index contributed by atoms with van der Waals surface area (Å²) in [5.74, 6) is 0.845. The van der Waals surface area contributed by atoms with Crippen LogP contribution in [-0.4, -0.2) is 62.2 Å². The molecule has 1 heterocycles. The average molecular weight is 269 g/mol. The Morgan fingerprint density at radius 2 is 2.00 bits per heavy atom. The van der Waals surface area contributed by atoms with E-state index in [0.29, 0.717) is 12.1 Å². The molecular weight excluding hydrogens is 234 g/mol. The Kier molecular flexibility index (Phi) is 7.96. The van der Waals surface area contributed by atoms with Gasteiger partial charge >= 0.3 is 0 Å². The third kappa shape index (κ3) is 6.73. The first-order valence-corrected chi connectivity index (χ1v) is 8.13. The Morgan fingerprint density at radius 1 is 1.26 bits per heavy atom. The van der Waals surface area contributed by atoms with E-state index in [1.54, 1.807) is 0 Å². The van der Waals surface area contributed by atoms with Crippen LogP contribution in [0.1, 0.15) is 46.5 Å². The van der Waals surface area contributed by atoms with E-state index in [9.17, 15) is 0 Å². The van der Waals surface area contributed by atoms with Gasteiger partial charge in [-0.1, -0.05) is 0 Å². The monoisotopic (exact) mass is 269 g/mol. The molecular formula is C16H35N3. The van der Waals surface area contributed by atoms with Gasteiger partial charge in [0.05, 0.1) is 0 Å². The molecule has 0 amide bonds. The number of hydrogen-bond acceptors (Lipinski definition) is 3. The molecule has 19 heavy (non-hydrogen) atoms. The molecule has 1 fully saturated rings. The molecule has 2 unspecified atom stereocenters. The van der Waals surface area contributed by atoms with Crippen molar-refractivity contribution in [2.75, 3.05) is 40.3 Å². The molecule has 0 aromatic carbocycles. The molecule has 0 aliphatic carbocycles. The summed E-state index contributed by atoms with van der Waals surface area (Å²) in [6.45, 7) is 11.8. The summed E-state index contributed by atoms with van der Waals surface area (Å²) >= 11 is 0. The third-order valence-electron chi connectivity index (χ3n) is 4.65. The van der Waals surface area contributed by atoms with Crippen LogP contribution in [0.2, 0.25) is 0 Å². The van der Waals surface area contributed by atoms with Crippen molar-refractivity contribution in [2.45, 2.75) is 58.5 Å². The molecule has 3 heteroatoms. The molecule has 0 radical (unpaired) electrons. The van der Waals surface area contributed by atoms with Crippen LogP contribution in [0.4, 0.5) is 0 Å². The first-order valence-electron chi connectivity index (χ1n) is 8.13. The van der Waals surface area contributed by atoms with Gasteiger partial charge in [0.2, 0.25) is 0 Å². The highest BCUT2D eigenvalue weighted by molar-refractivity contribution is 4.79. The van der Waals surface area contributed by atoms with E-state index >= 15 is 0 Å². The highest BCUT2D eigenvalue weighted by Crippen LogP contribution is 2.18. The van der Waals surface area contributed by atoms with Gasteiger partial charge in [0, 0.05) is 18.6 Å². The average Bonchev–Trinajstić information content (AvgIpc) is 2.37. The number of nitrogens with one attached hydrogen (secondary N) is 1. The number of hydrogen-bond donors (Lipinski definition) is 1. The summed E-state index contributed by atoms with van der Waals surface area (Å²) < 4.78 is 0. The van der Waals surface area contributed by atoms with Crippen LogP contribution in [0.3, 0.4) is 0 Å². The Labute approximate surface area is 120 Å². The molecule has 1 rings (SSSR count). The summed E-state index contributed by atoms with van der Waals surface area (Å²) in [5, 5.41) is 3.73. The van der Waals surface area contributed by atoms with E-state index in [2.05, 4.69) is 50.0 Å². The Hall–Kier alpha value is -0.120. The Balaban J connectivity index is 2.05. The predicted molar refractivity (Wildman–Crippen MR) is 84.7 cm³/mol. The van der Waals surface area contributed by atoms with Crippen molar-refractivity contribution in [3.8, 4) is 0 Å². The van der Waals surface area contributed by atoms with E-state index in [0.717, 1.165) is 5.92 Å². The van der Waals surface area contributed by atoms with Crippen molar-refractivity contribution in [3.05, 3.63) is 0 Å². The van der Waals surface area contributed by atoms with Gasteiger partial charge in [-0.15, -0.1) is 0 Å². The van der Waals surface area contributed by atoms with Crippen LogP contribution in [0.25, 0.3) is 0 Å². The van der Waals surface area contributed by atoms with E-state index in [4.69, 9.17) is 0 Å². The van der Waals surface area contributed by atoms with E-state index in [1.165, 1.54) is 51.9 Å². The van der Waals surface area contributed by atoms with E-state index in [-0.39, 0.29) is 0 Å². The minimum Gasteiger partial charge on any atom is -0.314 e.